The fraction of sp³-hybridized carbons (Fsp3) is 0.333. The van der Waals surface area contributed by atoms with Gasteiger partial charge >= 0.3 is 6.03 Å². The topological polar surface area (TPSA) is 37.6 Å². The quantitative estimate of drug-likeness (QED) is 0.797. The van der Waals surface area contributed by atoms with E-state index in [-0.39, 0.29) is 11.8 Å². The first-order valence-corrected chi connectivity index (χ1v) is 7.74. The van der Waals surface area contributed by atoms with Crippen LogP contribution in [0.4, 0.5) is 9.18 Å². The predicted molar refractivity (Wildman–Crippen MR) is 80.1 cm³/mol. The number of amides is 2. The summed E-state index contributed by atoms with van der Waals surface area (Å²) in [6.45, 7) is 3.52. The van der Waals surface area contributed by atoms with E-state index in [2.05, 4.69) is 4.99 Å². The van der Waals surface area contributed by atoms with Crippen LogP contribution in [0.1, 0.15) is 17.7 Å². The number of carbonyl (C=O) groups excluding carboxylic acids is 1. The van der Waals surface area contributed by atoms with Crippen LogP contribution in [-0.2, 0) is 0 Å². The Morgan fingerprint density at radius 2 is 1.90 bits per heavy atom. The average Bonchev–Trinajstić information content (AvgIpc) is 3.09. The van der Waals surface area contributed by atoms with Gasteiger partial charge in [-0.05, 0) is 44.0 Å². The van der Waals surface area contributed by atoms with Crippen molar-refractivity contribution >= 4 is 17.4 Å². The van der Waals surface area contributed by atoms with Crippen LogP contribution in [0.3, 0.4) is 0 Å². The van der Waals surface area contributed by atoms with Gasteiger partial charge in [0.05, 0.1) is 0 Å². The third kappa shape index (κ3) is 3.05. The number of rotatable bonds is 1. The Morgan fingerprint density at radius 1 is 1.24 bits per heavy atom. The molecule has 1 aromatic carbocycles. The second kappa shape index (κ2) is 5.81. The molecule has 1 saturated heterocycles. The average molecular weight is 305 g/mol. The highest BCUT2D eigenvalue weighted by Crippen LogP contribution is 2.12. The molecule has 0 atom stereocenters. The van der Waals surface area contributed by atoms with Crippen LogP contribution in [-0.4, -0.2) is 28.6 Å². The van der Waals surface area contributed by atoms with Gasteiger partial charge in [0, 0.05) is 29.9 Å². The number of aromatic nitrogens is 1. The molecule has 0 spiro atoms. The molecule has 0 aliphatic carbocycles. The van der Waals surface area contributed by atoms with E-state index in [1.807, 2.05) is 17.7 Å². The Balaban J connectivity index is 1.99. The van der Waals surface area contributed by atoms with Gasteiger partial charge in [0.1, 0.15) is 5.82 Å². The van der Waals surface area contributed by atoms with Gasteiger partial charge in [0.15, 0.2) is 4.80 Å². The number of nitrogens with zero attached hydrogens (tertiary/aromatic N) is 3. The molecule has 0 N–H and O–H groups in total. The number of carbonyl (C=O) groups is 1. The molecule has 21 heavy (non-hydrogen) atoms. The summed E-state index contributed by atoms with van der Waals surface area (Å²) in [6, 6.07) is 5.98. The van der Waals surface area contributed by atoms with Crippen LogP contribution in [0.15, 0.2) is 35.5 Å². The number of hydrogen-bond donors (Lipinski definition) is 0. The minimum atomic E-state index is -0.280. The highest BCUT2D eigenvalue weighted by molar-refractivity contribution is 7.09. The first kappa shape index (κ1) is 14.0. The van der Waals surface area contributed by atoms with Crippen molar-refractivity contribution in [3.63, 3.8) is 0 Å². The summed E-state index contributed by atoms with van der Waals surface area (Å²) in [6.07, 6.45) is 4.00. The smallest absolute Gasteiger partial charge is 0.323 e. The van der Waals surface area contributed by atoms with Crippen LogP contribution >= 0.6 is 11.3 Å². The molecule has 0 unspecified atom stereocenters. The molecule has 0 saturated carbocycles. The van der Waals surface area contributed by atoms with E-state index >= 15 is 0 Å². The second-order valence-corrected chi connectivity index (χ2v) is 6.27. The maximum atomic E-state index is 13.0. The Labute approximate surface area is 126 Å². The van der Waals surface area contributed by atoms with Crippen molar-refractivity contribution < 1.29 is 9.18 Å². The highest BCUT2D eigenvalue weighted by atomic mass is 32.1. The summed E-state index contributed by atoms with van der Waals surface area (Å²) >= 11 is 1.46. The number of likely N-dealkylation sites (tertiary alicyclic amines) is 1. The number of aryl methyl sites for hydroxylation is 1. The van der Waals surface area contributed by atoms with Crippen molar-refractivity contribution in [2.75, 3.05) is 13.1 Å². The standard InChI is InChI=1S/C15H16FN3OS/c1-11-10-19(13-6-4-12(16)5-7-13)15(21-11)17-14(20)18-8-2-3-9-18/h4-7,10H,2-3,8-9H2,1H3/b17-15-. The van der Waals surface area contributed by atoms with Gasteiger partial charge in [-0.25, -0.2) is 9.18 Å². The van der Waals surface area contributed by atoms with Gasteiger partial charge in [0.2, 0.25) is 0 Å². The molecule has 6 heteroatoms. The molecule has 1 aliphatic heterocycles. The van der Waals surface area contributed by atoms with Crippen molar-refractivity contribution in [1.29, 1.82) is 0 Å². The van der Waals surface area contributed by atoms with Crippen molar-refractivity contribution in [2.24, 2.45) is 4.99 Å². The fourth-order valence-electron chi connectivity index (χ4n) is 2.38. The van der Waals surface area contributed by atoms with Gasteiger partial charge in [-0.3, -0.25) is 4.57 Å². The molecule has 2 amide bonds. The summed E-state index contributed by atoms with van der Waals surface area (Å²) < 4.78 is 14.9. The van der Waals surface area contributed by atoms with E-state index in [4.69, 9.17) is 0 Å². The van der Waals surface area contributed by atoms with E-state index in [9.17, 15) is 9.18 Å². The molecule has 2 aromatic rings. The minimum absolute atomic E-state index is 0.190. The van der Waals surface area contributed by atoms with Gasteiger partial charge in [-0.1, -0.05) is 0 Å². The van der Waals surface area contributed by atoms with Crippen LogP contribution < -0.4 is 4.80 Å². The number of halogens is 1. The van der Waals surface area contributed by atoms with E-state index in [0.717, 1.165) is 36.5 Å². The molecular weight excluding hydrogens is 289 g/mol. The maximum Gasteiger partial charge on any atom is 0.346 e. The summed E-state index contributed by atoms with van der Waals surface area (Å²) in [4.78, 5) is 19.8. The summed E-state index contributed by atoms with van der Waals surface area (Å²) in [7, 11) is 0. The lowest BCUT2D eigenvalue weighted by molar-refractivity contribution is 0.218. The van der Waals surface area contributed by atoms with E-state index in [1.54, 1.807) is 17.0 Å². The van der Waals surface area contributed by atoms with Gasteiger partial charge in [-0.15, -0.1) is 11.3 Å². The van der Waals surface area contributed by atoms with Crippen LogP contribution in [0, 0.1) is 12.7 Å². The normalized spacial score (nSPS) is 15.7. The van der Waals surface area contributed by atoms with Crippen LogP contribution in [0.25, 0.3) is 5.69 Å². The molecule has 4 nitrogen and oxygen atoms in total. The number of urea groups is 1. The lowest BCUT2D eigenvalue weighted by atomic mass is 10.3. The Bertz CT molecular complexity index is 711. The van der Waals surface area contributed by atoms with Crippen molar-refractivity contribution in [3.8, 4) is 5.69 Å². The molecule has 1 fully saturated rings. The second-order valence-electron chi connectivity index (χ2n) is 5.06. The van der Waals surface area contributed by atoms with Crippen molar-refractivity contribution in [3.05, 3.63) is 46.0 Å². The summed E-state index contributed by atoms with van der Waals surface area (Å²) in [5.41, 5.74) is 0.800. The molecule has 0 bridgehead atoms. The van der Waals surface area contributed by atoms with E-state index < -0.39 is 0 Å². The zero-order chi connectivity index (χ0) is 14.8. The zero-order valence-corrected chi connectivity index (χ0v) is 12.6. The molecule has 2 heterocycles. The third-order valence-corrected chi connectivity index (χ3v) is 4.34. The van der Waals surface area contributed by atoms with E-state index in [0.29, 0.717) is 4.80 Å². The number of benzene rings is 1. The summed E-state index contributed by atoms with van der Waals surface area (Å²) in [5, 5.41) is 0. The van der Waals surface area contributed by atoms with Crippen molar-refractivity contribution in [2.45, 2.75) is 19.8 Å². The maximum absolute atomic E-state index is 13.0. The Hall–Kier alpha value is -1.95. The molecular formula is C15H16FN3OS. The fourth-order valence-corrected chi connectivity index (χ4v) is 3.21. The van der Waals surface area contributed by atoms with Crippen molar-refractivity contribution in [1.82, 2.24) is 9.47 Å². The van der Waals surface area contributed by atoms with Crippen LogP contribution in [0.2, 0.25) is 0 Å². The lowest BCUT2D eigenvalue weighted by Crippen LogP contribution is -2.27. The Kier molecular flexibility index (Phi) is 3.88. The molecule has 0 radical (unpaired) electrons. The summed E-state index contributed by atoms with van der Waals surface area (Å²) in [5.74, 6) is -0.280. The van der Waals surface area contributed by atoms with Gasteiger partial charge < -0.3 is 4.90 Å². The van der Waals surface area contributed by atoms with E-state index in [1.165, 1.54) is 23.5 Å². The SMILES string of the molecule is Cc1cn(-c2ccc(F)cc2)/c(=N/C(=O)N2CCCC2)s1. The molecule has 110 valence electrons. The molecule has 3 rings (SSSR count). The van der Waals surface area contributed by atoms with Gasteiger partial charge in [-0.2, -0.15) is 4.99 Å². The molecule has 1 aliphatic rings. The lowest BCUT2D eigenvalue weighted by Gasteiger charge is -2.10. The third-order valence-electron chi connectivity index (χ3n) is 3.44. The zero-order valence-electron chi connectivity index (χ0n) is 11.8. The Morgan fingerprint density at radius 3 is 2.57 bits per heavy atom. The predicted octanol–water partition coefficient (Wildman–Crippen LogP) is 3.10. The monoisotopic (exact) mass is 305 g/mol. The molecule has 1 aromatic heterocycles. The van der Waals surface area contributed by atoms with Crippen LogP contribution in [0.5, 0.6) is 0 Å². The number of hydrogen-bond acceptors (Lipinski definition) is 2. The largest absolute Gasteiger partial charge is 0.346 e. The highest BCUT2D eigenvalue weighted by Gasteiger charge is 2.17. The first-order valence-electron chi connectivity index (χ1n) is 6.92. The van der Waals surface area contributed by atoms with Gasteiger partial charge in [0.25, 0.3) is 0 Å². The number of thiazole rings is 1. The minimum Gasteiger partial charge on any atom is -0.323 e. The first-order chi connectivity index (χ1) is 10.1.